The molecule has 0 spiro atoms. The first-order valence-electron chi connectivity index (χ1n) is 4.28. The molecule has 19 heavy (non-hydrogen) atoms. The van der Waals surface area contributed by atoms with Gasteiger partial charge >= 0.3 is 6.09 Å². The van der Waals surface area contributed by atoms with E-state index in [4.69, 9.17) is 0 Å². The van der Waals surface area contributed by atoms with E-state index in [1.54, 1.807) is 0 Å². The lowest BCUT2D eigenvalue weighted by atomic mass is 10.2. The van der Waals surface area contributed by atoms with Crippen LogP contribution in [0.4, 0.5) is 28.0 Å². The Morgan fingerprint density at radius 3 is 1.84 bits per heavy atom. The van der Waals surface area contributed by atoms with Crippen molar-refractivity contribution < 1.29 is 40.1 Å². The highest BCUT2D eigenvalue weighted by Crippen LogP contribution is 2.30. The molecule has 0 radical (unpaired) electrons. The van der Waals surface area contributed by atoms with Crippen molar-refractivity contribution in [1.29, 1.82) is 0 Å². The molecule has 1 aromatic carbocycles. The molecule has 1 amide bonds. The Balaban J connectivity index is 3.62. The van der Waals surface area contributed by atoms with E-state index >= 15 is 0 Å². The number of ether oxygens (including phenoxy) is 1. The second-order valence-electron chi connectivity index (χ2n) is 3.03. The summed E-state index contributed by atoms with van der Waals surface area (Å²) in [6, 6.07) is 0. The van der Waals surface area contributed by atoms with E-state index in [0.29, 0.717) is 0 Å². The molecule has 0 aliphatic heterocycles. The second-order valence-corrected chi connectivity index (χ2v) is 4.35. The van der Waals surface area contributed by atoms with Gasteiger partial charge in [-0.05, 0) is 0 Å². The van der Waals surface area contributed by atoms with Crippen LogP contribution in [-0.2, 0) is 14.9 Å². The van der Waals surface area contributed by atoms with Crippen LogP contribution in [0.15, 0.2) is 4.90 Å². The van der Waals surface area contributed by atoms with Gasteiger partial charge in [-0.3, -0.25) is 5.32 Å². The summed E-state index contributed by atoms with van der Waals surface area (Å²) < 4.78 is 88.3. The summed E-state index contributed by atoms with van der Waals surface area (Å²) >= 11 is 0. The molecule has 0 heterocycles. The molecule has 1 rings (SSSR count). The van der Waals surface area contributed by atoms with Crippen LogP contribution >= 0.6 is 0 Å². The third-order valence-corrected chi connectivity index (χ3v) is 2.74. The van der Waals surface area contributed by atoms with Crippen molar-refractivity contribution in [3.05, 3.63) is 23.3 Å². The fraction of sp³-hybridized carbons (Fsp3) is 0.125. The molecule has 1 aromatic rings. The standard InChI is InChI=1S/C8H5F4NO5S/c1-18-8(14)13-6-2(9)4(11)7(19(15,16)17)5(12)3(6)10/h1H3,(H,13,14)(H,15,16,17)/p-1. The SMILES string of the molecule is COC(=O)Nc1c(F)c(F)c(S(=O)(=O)[O-])c(F)c1F. The Morgan fingerprint density at radius 2 is 1.53 bits per heavy atom. The molecule has 0 atom stereocenters. The fourth-order valence-corrected chi connectivity index (χ4v) is 1.71. The van der Waals surface area contributed by atoms with Gasteiger partial charge in [-0.25, -0.2) is 30.8 Å². The summed E-state index contributed by atoms with van der Waals surface area (Å²) in [6.45, 7) is 0. The van der Waals surface area contributed by atoms with Gasteiger partial charge in [0, 0.05) is 0 Å². The van der Waals surface area contributed by atoms with E-state index in [1.807, 2.05) is 0 Å². The minimum absolute atomic E-state index is 0.800. The topological polar surface area (TPSA) is 95.5 Å². The molecule has 6 nitrogen and oxygen atoms in total. The first kappa shape index (κ1) is 15.2. The van der Waals surface area contributed by atoms with Crippen LogP contribution in [0.1, 0.15) is 0 Å². The van der Waals surface area contributed by atoms with Gasteiger partial charge in [0.25, 0.3) is 0 Å². The fourth-order valence-electron chi connectivity index (χ4n) is 1.09. The van der Waals surface area contributed by atoms with Gasteiger partial charge in [-0.15, -0.1) is 0 Å². The van der Waals surface area contributed by atoms with Gasteiger partial charge in [-0.1, -0.05) is 0 Å². The lowest BCUT2D eigenvalue weighted by molar-refractivity contribution is 0.186. The van der Waals surface area contributed by atoms with Crippen LogP contribution in [0.2, 0.25) is 0 Å². The van der Waals surface area contributed by atoms with Crippen LogP contribution in [0.3, 0.4) is 0 Å². The number of methoxy groups -OCH3 is 1. The number of rotatable bonds is 2. The Morgan fingerprint density at radius 1 is 1.11 bits per heavy atom. The summed E-state index contributed by atoms with van der Waals surface area (Å²) in [7, 11) is -4.98. The Kier molecular flexibility index (Phi) is 4.00. The predicted octanol–water partition coefficient (Wildman–Crippen LogP) is 1.33. The molecule has 0 aromatic heterocycles. The quantitative estimate of drug-likeness (QED) is 0.505. The minimum atomic E-state index is -5.78. The highest BCUT2D eigenvalue weighted by molar-refractivity contribution is 7.85. The monoisotopic (exact) mass is 302 g/mol. The van der Waals surface area contributed by atoms with Gasteiger partial charge in [0.15, 0.2) is 23.3 Å². The maximum absolute atomic E-state index is 13.3. The molecule has 0 aliphatic carbocycles. The van der Waals surface area contributed by atoms with Crippen molar-refractivity contribution >= 4 is 21.9 Å². The summed E-state index contributed by atoms with van der Waals surface area (Å²) in [5, 5.41) is 1.30. The molecular weight excluding hydrogens is 298 g/mol. The third-order valence-electron chi connectivity index (χ3n) is 1.89. The van der Waals surface area contributed by atoms with E-state index in [2.05, 4.69) is 4.74 Å². The van der Waals surface area contributed by atoms with Gasteiger partial charge in [0.2, 0.25) is 0 Å². The van der Waals surface area contributed by atoms with E-state index in [1.165, 1.54) is 5.32 Å². The van der Waals surface area contributed by atoms with Gasteiger partial charge in [0.05, 0.1) is 7.11 Å². The largest absolute Gasteiger partial charge is 0.744 e. The first-order valence-corrected chi connectivity index (χ1v) is 5.68. The van der Waals surface area contributed by atoms with Crippen molar-refractivity contribution in [1.82, 2.24) is 0 Å². The summed E-state index contributed by atoms with van der Waals surface area (Å²) in [5.41, 5.74) is -1.62. The van der Waals surface area contributed by atoms with Crippen LogP contribution in [0, 0.1) is 23.3 Å². The Bertz CT molecular complexity index is 616. The van der Waals surface area contributed by atoms with Gasteiger partial charge in [-0.2, -0.15) is 0 Å². The van der Waals surface area contributed by atoms with Crippen LogP contribution in [0.5, 0.6) is 0 Å². The molecule has 11 heteroatoms. The van der Waals surface area contributed by atoms with Crippen molar-refractivity contribution in [2.24, 2.45) is 0 Å². The maximum Gasteiger partial charge on any atom is 0.411 e. The minimum Gasteiger partial charge on any atom is -0.744 e. The molecule has 106 valence electrons. The molecule has 0 aliphatic rings. The zero-order valence-corrected chi connectivity index (χ0v) is 9.78. The number of benzene rings is 1. The zero-order chi connectivity index (χ0) is 15.0. The predicted molar refractivity (Wildman–Crippen MR) is 50.3 cm³/mol. The molecule has 0 fully saturated rings. The number of hydrogen-bond acceptors (Lipinski definition) is 5. The summed E-state index contributed by atoms with van der Waals surface area (Å²) in [5.74, 6) is -9.39. The van der Waals surface area contributed by atoms with Crippen LogP contribution in [0.25, 0.3) is 0 Å². The van der Waals surface area contributed by atoms with Gasteiger partial charge < -0.3 is 9.29 Å². The third kappa shape index (κ3) is 2.76. The van der Waals surface area contributed by atoms with Crippen LogP contribution in [-0.4, -0.2) is 26.2 Å². The highest BCUT2D eigenvalue weighted by atomic mass is 32.2. The Labute approximate surface area is 103 Å². The number of halogens is 4. The van der Waals surface area contributed by atoms with E-state index < -0.39 is 50.1 Å². The number of carbonyl (C=O) groups is 1. The number of amides is 1. The highest BCUT2D eigenvalue weighted by Gasteiger charge is 2.29. The number of anilines is 1. The normalized spacial score (nSPS) is 11.3. The lowest BCUT2D eigenvalue weighted by Gasteiger charge is -2.14. The summed E-state index contributed by atoms with van der Waals surface area (Å²) in [6.07, 6.45) is -1.46. The second kappa shape index (κ2) is 5.01. The number of hydrogen-bond donors (Lipinski definition) is 1. The molecule has 0 bridgehead atoms. The average molecular weight is 302 g/mol. The zero-order valence-electron chi connectivity index (χ0n) is 8.96. The first-order chi connectivity index (χ1) is 8.61. The average Bonchev–Trinajstić information content (AvgIpc) is 2.30. The van der Waals surface area contributed by atoms with Gasteiger partial charge in [0.1, 0.15) is 20.7 Å². The Hall–Kier alpha value is -1.88. The lowest BCUT2D eigenvalue weighted by Crippen LogP contribution is -2.18. The smallest absolute Gasteiger partial charge is 0.411 e. The van der Waals surface area contributed by atoms with E-state index in [9.17, 15) is 35.3 Å². The molecular formula is C8H4F4NO5S-. The van der Waals surface area contributed by atoms with Crippen molar-refractivity contribution in [3.63, 3.8) is 0 Å². The summed E-state index contributed by atoms with van der Waals surface area (Å²) in [4.78, 5) is 8.39. The molecule has 1 N–H and O–H groups in total. The van der Waals surface area contributed by atoms with Crippen LogP contribution < -0.4 is 5.32 Å². The number of carbonyl (C=O) groups excluding carboxylic acids is 1. The van der Waals surface area contributed by atoms with Crippen molar-refractivity contribution in [3.8, 4) is 0 Å². The molecule has 0 saturated carbocycles. The molecule has 0 saturated heterocycles. The van der Waals surface area contributed by atoms with Crippen molar-refractivity contribution in [2.75, 3.05) is 12.4 Å². The molecule has 0 unspecified atom stereocenters. The van der Waals surface area contributed by atoms with E-state index in [-0.39, 0.29) is 0 Å². The number of nitrogens with one attached hydrogen (secondary N) is 1. The van der Waals surface area contributed by atoms with Crippen molar-refractivity contribution in [2.45, 2.75) is 4.90 Å². The maximum atomic E-state index is 13.3. The van der Waals surface area contributed by atoms with E-state index in [0.717, 1.165) is 7.11 Å².